The molecule has 2 rings (SSSR count). The molecule has 1 atom stereocenters. The third kappa shape index (κ3) is 2.66. The molecular formula is C15H16O2. The second-order valence-corrected chi connectivity index (χ2v) is 3.92. The minimum atomic E-state index is -1.26. The van der Waals surface area contributed by atoms with Gasteiger partial charge in [-0.05, 0) is 12.1 Å². The lowest BCUT2D eigenvalue weighted by molar-refractivity contribution is -0.148. The summed E-state index contributed by atoms with van der Waals surface area (Å²) >= 11 is 0. The quantitative estimate of drug-likeness (QED) is 0.813. The van der Waals surface area contributed by atoms with E-state index in [9.17, 15) is 5.11 Å². The van der Waals surface area contributed by atoms with Crippen LogP contribution >= 0.6 is 0 Å². The Morgan fingerprint density at radius 3 is 2.00 bits per heavy atom. The van der Waals surface area contributed by atoms with Gasteiger partial charge in [-0.1, -0.05) is 55.5 Å². The smallest absolute Gasteiger partial charge is 0.234 e. The van der Waals surface area contributed by atoms with Crippen molar-refractivity contribution >= 4 is 0 Å². The lowest BCUT2D eigenvalue weighted by Crippen LogP contribution is -2.31. The number of aliphatic hydroxyl groups is 1. The first kappa shape index (κ1) is 11.7. The minimum Gasteiger partial charge on any atom is -0.458 e. The summed E-state index contributed by atoms with van der Waals surface area (Å²) in [6.07, 6.45) is 0.492. The predicted molar refractivity (Wildman–Crippen MR) is 67.7 cm³/mol. The third-order valence-electron chi connectivity index (χ3n) is 2.73. The summed E-state index contributed by atoms with van der Waals surface area (Å²) in [5.41, 5.74) is 0.770. The van der Waals surface area contributed by atoms with Crippen molar-refractivity contribution < 1.29 is 9.84 Å². The van der Waals surface area contributed by atoms with Crippen LogP contribution in [0.25, 0.3) is 0 Å². The highest BCUT2D eigenvalue weighted by Gasteiger charge is 2.29. The molecular weight excluding hydrogens is 212 g/mol. The molecule has 0 aliphatic heterocycles. The first-order chi connectivity index (χ1) is 8.24. The summed E-state index contributed by atoms with van der Waals surface area (Å²) < 4.78 is 5.69. The van der Waals surface area contributed by atoms with Gasteiger partial charge in [-0.2, -0.15) is 0 Å². The van der Waals surface area contributed by atoms with E-state index in [2.05, 4.69) is 0 Å². The Hall–Kier alpha value is -1.80. The lowest BCUT2D eigenvalue weighted by Gasteiger charge is -2.28. The molecule has 0 fully saturated rings. The average molecular weight is 228 g/mol. The van der Waals surface area contributed by atoms with Crippen LogP contribution in [0.3, 0.4) is 0 Å². The van der Waals surface area contributed by atoms with E-state index >= 15 is 0 Å². The fraction of sp³-hybridized carbons (Fsp3) is 0.200. The van der Waals surface area contributed by atoms with Crippen LogP contribution in [0.15, 0.2) is 60.7 Å². The van der Waals surface area contributed by atoms with E-state index in [1.165, 1.54) is 0 Å². The molecule has 2 nitrogen and oxygen atoms in total. The first-order valence-electron chi connectivity index (χ1n) is 5.76. The monoisotopic (exact) mass is 228 g/mol. The fourth-order valence-corrected chi connectivity index (χ4v) is 1.72. The maximum atomic E-state index is 10.5. The SMILES string of the molecule is CCC(O)(Oc1ccccc1)c1ccccc1. The first-order valence-corrected chi connectivity index (χ1v) is 5.76. The average Bonchev–Trinajstić information content (AvgIpc) is 2.41. The van der Waals surface area contributed by atoms with Crippen molar-refractivity contribution in [3.05, 3.63) is 66.2 Å². The van der Waals surface area contributed by atoms with E-state index in [0.29, 0.717) is 12.2 Å². The van der Waals surface area contributed by atoms with Crippen LogP contribution in [0.5, 0.6) is 5.75 Å². The molecule has 88 valence electrons. The van der Waals surface area contributed by atoms with Gasteiger partial charge in [-0.15, -0.1) is 0 Å². The second kappa shape index (κ2) is 5.02. The maximum Gasteiger partial charge on any atom is 0.234 e. The molecule has 0 radical (unpaired) electrons. The van der Waals surface area contributed by atoms with Crippen molar-refractivity contribution in [2.24, 2.45) is 0 Å². The molecule has 17 heavy (non-hydrogen) atoms. The molecule has 0 spiro atoms. The van der Waals surface area contributed by atoms with Gasteiger partial charge in [-0.3, -0.25) is 0 Å². The summed E-state index contributed by atoms with van der Waals surface area (Å²) in [6.45, 7) is 1.90. The van der Waals surface area contributed by atoms with Crippen molar-refractivity contribution in [1.29, 1.82) is 0 Å². The maximum absolute atomic E-state index is 10.5. The minimum absolute atomic E-state index is 0.492. The van der Waals surface area contributed by atoms with E-state index in [0.717, 1.165) is 5.56 Å². The summed E-state index contributed by atoms with van der Waals surface area (Å²) in [7, 11) is 0. The van der Waals surface area contributed by atoms with E-state index in [1.807, 2.05) is 67.6 Å². The molecule has 0 heterocycles. The van der Waals surface area contributed by atoms with Gasteiger partial charge in [0.2, 0.25) is 5.79 Å². The van der Waals surface area contributed by atoms with Crippen LogP contribution in [0.2, 0.25) is 0 Å². The molecule has 0 saturated heterocycles. The number of hydrogen-bond donors (Lipinski definition) is 1. The van der Waals surface area contributed by atoms with Gasteiger partial charge in [0, 0.05) is 12.0 Å². The van der Waals surface area contributed by atoms with Crippen LogP contribution in [-0.2, 0) is 5.79 Å². The highest BCUT2D eigenvalue weighted by atomic mass is 16.6. The summed E-state index contributed by atoms with van der Waals surface area (Å²) in [4.78, 5) is 0. The Morgan fingerprint density at radius 1 is 0.941 bits per heavy atom. The summed E-state index contributed by atoms with van der Waals surface area (Å²) in [5.74, 6) is -0.594. The zero-order chi connectivity index (χ0) is 12.1. The topological polar surface area (TPSA) is 29.5 Å². The number of hydrogen-bond acceptors (Lipinski definition) is 2. The van der Waals surface area contributed by atoms with Crippen LogP contribution in [0, 0.1) is 0 Å². The van der Waals surface area contributed by atoms with E-state index in [4.69, 9.17) is 4.74 Å². The second-order valence-electron chi connectivity index (χ2n) is 3.92. The Kier molecular flexibility index (Phi) is 3.45. The number of para-hydroxylation sites is 1. The van der Waals surface area contributed by atoms with Gasteiger partial charge >= 0.3 is 0 Å². The molecule has 1 N–H and O–H groups in total. The highest BCUT2D eigenvalue weighted by molar-refractivity contribution is 5.25. The zero-order valence-electron chi connectivity index (χ0n) is 9.84. The molecule has 2 aromatic carbocycles. The summed E-state index contributed by atoms with van der Waals surface area (Å²) in [5, 5.41) is 10.5. The molecule has 0 amide bonds. The van der Waals surface area contributed by atoms with Crippen LogP contribution in [0.4, 0.5) is 0 Å². The zero-order valence-corrected chi connectivity index (χ0v) is 9.84. The molecule has 0 bridgehead atoms. The van der Waals surface area contributed by atoms with Crippen LogP contribution in [-0.4, -0.2) is 5.11 Å². The van der Waals surface area contributed by atoms with E-state index in [1.54, 1.807) is 0 Å². The molecule has 0 aliphatic carbocycles. The van der Waals surface area contributed by atoms with Gasteiger partial charge in [0.05, 0.1) is 0 Å². The van der Waals surface area contributed by atoms with Gasteiger partial charge in [0.25, 0.3) is 0 Å². The van der Waals surface area contributed by atoms with Crippen molar-refractivity contribution in [3.8, 4) is 5.75 Å². The predicted octanol–water partition coefficient (Wildman–Crippen LogP) is 3.32. The Bertz CT molecular complexity index is 453. The van der Waals surface area contributed by atoms with Gasteiger partial charge < -0.3 is 9.84 Å². The van der Waals surface area contributed by atoms with Gasteiger partial charge in [-0.25, -0.2) is 0 Å². The van der Waals surface area contributed by atoms with Crippen molar-refractivity contribution in [1.82, 2.24) is 0 Å². The molecule has 0 saturated carbocycles. The molecule has 2 aromatic rings. The molecule has 1 unspecified atom stereocenters. The Labute approximate surface area is 101 Å². The number of ether oxygens (including phenoxy) is 1. The van der Waals surface area contributed by atoms with Gasteiger partial charge in [0.1, 0.15) is 5.75 Å². The molecule has 0 aliphatic rings. The fourth-order valence-electron chi connectivity index (χ4n) is 1.72. The van der Waals surface area contributed by atoms with Crippen LogP contribution < -0.4 is 4.74 Å². The normalized spacial score (nSPS) is 14.0. The van der Waals surface area contributed by atoms with E-state index < -0.39 is 5.79 Å². The largest absolute Gasteiger partial charge is 0.458 e. The Balaban J connectivity index is 2.27. The number of rotatable bonds is 4. The molecule has 2 heteroatoms. The number of benzene rings is 2. The summed E-state index contributed by atoms with van der Waals surface area (Å²) in [6, 6.07) is 18.8. The van der Waals surface area contributed by atoms with Crippen molar-refractivity contribution in [3.63, 3.8) is 0 Å². The third-order valence-corrected chi connectivity index (χ3v) is 2.73. The molecule has 0 aromatic heterocycles. The highest BCUT2D eigenvalue weighted by Crippen LogP contribution is 2.28. The van der Waals surface area contributed by atoms with Crippen molar-refractivity contribution in [2.75, 3.05) is 0 Å². The van der Waals surface area contributed by atoms with Crippen LogP contribution in [0.1, 0.15) is 18.9 Å². The van der Waals surface area contributed by atoms with Crippen molar-refractivity contribution in [2.45, 2.75) is 19.1 Å². The standard InChI is InChI=1S/C15H16O2/c1-2-15(16,13-9-5-3-6-10-13)17-14-11-7-4-8-12-14/h3-12,16H,2H2,1H3. The van der Waals surface area contributed by atoms with Gasteiger partial charge in [0.15, 0.2) is 0 Å². The van der Waals surface area contributed by atoms with E-state index in [-0.39, 0.29) is 0 Å². The Morgan fingerprint density at radius 2 is 1.47 bits per heavy atom. The lowest BCUT2D eigenvalue weighted by atomic mass is 10.0.